The summed E-state index contributed by atoms with van der Waals surface area (Å²) < 4.78 is 0. The molecule has 2 rings (SSSR count). The standard InChI is InChI=1S/C13H18ClN3O3/c14-12-8-11(17(19)20)9-15-13(12)16(6-7-18)10-4-2-1-3-5-10/h8-10,18H,1-7H2. The lowest BCUT2D eigenvalue weighted by molar-refractivity contribution is -0.385. The summed E-state index contributed by atoms with van der Waals surface area (Å²) in [6.07, 6.45) is 6.82. The Hall–Kier alpha value is -1.40. The van der Waals surface area contributed by atoms with E-state index in [2.05, 4.69) is 4.98 Å². The summed E-state index contributed by atoms with van der Waals surface area (Å²) in [5, 5.41) is 20.2. The van der Waals surface area contributed by atoms with E-state index in [0.29, 0.717) is 18.4 Å². The molecular weight excluding hydrogens is 282 g/mol. The zero-order valence-electron chi connectivity index (χ0n) is 11.2. The molecule has 1 aromatic rings. The molecule has 1 saturated carbocycles. The molecule has 20 heavy (non-hydrogen) atoms. The molecule has 0 aromatic carbocycles. The molecule has 0 radical (unpaired) electrons. The third-order valence-electron chi connectivity index (χ3n) is 3.65. The van der Waals surface area contributed by atoms with Gasteiger partial charge in [-0.05, 0) is 12.8 Å². The lowest BCUT2D eigenvalue weighted by Gasteiger charge is -2.35. The van der Waals surface area contributed by atoms with E-state index in [1.54, 1.807) is 0 Å². The van der Waals surface area contributed by atoms with Gasteiger partial charge in [0, 0.05) is 18.7 Å². The van der Waals surface area contributed by atoms with Gasteiger partial charge in [-0.25, -0.2) is 4.98 Å². The number of hydrogen-bond donors (Lipinski definition) is 1. The highest BCUT2D eigenvalue weighted by Crippen LogP contribution is 2.32. The van der Waals surface area contributed by atoms with E-state index < -0.39 is 4.92 Å². The van der Waals surface area contributed by atoms with Crippen molar-refractivity contribution in [2.45, 2.75) is 38.1 Å². The summed E-state index contributed by atoms with van der Waals surface area (Å²) in [5.74, 6) is 0.526. The largest absolute Gasteiger partial charge is 0.395 e. The van der Waals surface area contributed by atoms with E-state index in [0.717, 1.165) is 25.7 Å². The zero-order chi connectivity index (χ0) is 14.5. The van der Waals surface area contributed by atoms with Gasteiger partial charge in [-0.2, -0.15) is 0 Å². The molecule has 0 unspecified atom stereocenters. The van der Waals surface area contributed by atoms with Crippen molar-refractivity contribution in [1.82, 2.24) is 4.98 Å². The SMILES string of the molecule is O=[N+]([O-])c1cnc(N(CCO)C2CCCCC2)c(Cl)c1. The summed E-state index contributed by atoms with van der Waals surface area (Å²) in [4.78, 5) is 16.3. The predicted molar refractivity (Wildman–Crippen MR) is 77.2 cm³/mol. The molecule has 1 aliphatic rings. The van der Waals surface area contributed by atoms with Crippen molar-refractivity contribution in [2.75, 3.05) is 18.1 Å². The van der Waals surface area contributed by atoms with Crippen LogP contribution in [0.25, 0.3) is 0 Å². The summed E-state index contributed by atoms with van der Waals surface area (Å²) in [6, 6.07) is 1.61. The Morgan fingerprint density at radius 1 is 1.45 bits per heavy atom. The van der Waals surface area contributed by atoms with Gasteiger partial charge in [-0.15, -0.1) is 0 Å². The van der Waals surface area contributed by atoms with Crippen LogP contribution in [0.2, 0.25) is 5.02 Å². The number of nitrogens with zero attached hydrogens (tertiary/aromatic N) is 3. The van der Waals surface area contributed by atoms with Gasteiger partial charge in [-0.1, -0.05) is 30.9 Å². The number of rotatable bonds is 5. The average Bonchev–Trinajstić information content (AvgIpc) is 2.46. The van der Waals surface area contributed by atoms with Gasteiger partial charge < -0.3 is 10.0 Å². The van der Waals surface area contributed by atoms with E-state index in [9.17, 15) is 15.2 Å². The molecule has 6 nitrogen and oxygen atoms in total. The molecule has 0 atom stereocenters. The summed E-state index contributed by atoms with van der Waals surface area (Å²) in [7, 11) is 0. The fourth-order valence-electron chi connectivity index (χ4n) is 2.69. The average molecular weight is 300 g/mol. The van der Waals surface area contributed by atoms with E-state index in [4.69, 9.17) is 11.6 Å². The van der Waals surface area contributed by atoms with Gasteiger partial charge in [-0.3, -0.25) is 10.1 Å². The summed E-state index contributed by atoms with van der Waals surface area (Å²) in [5.41, 5.74) is -0.119. The highest BCUT2D eigenvalue weighted by molar-refractivity contribution is 6.33. The highest BCUT2D eigenvalue weighted by Gasteiger charge is 2.24. The molecular formula is C13H18ClN3O3. The molecule has 1 heterocycles. The number of anilines is 1. The number of aromatic nitrogens is 1. The maximum atomic E-state index is 10.7. The lowest BCUT2D eigenvalue weighted by atomic mass is 9.94. The Balaban J connectivity index is 2.26. The molecule has 0 aliphatic heterocycles. The van der Waals surface area contributed by atoms with Crippen LogP contribution in [0.4, 0.5) is 11.5 Å². The normalized spacial score (nSPS) is 16.1. The molecule has 0 bridgehead atoms. The summed E-state index contributed by atoms with van der Waals surface area (Å²) >= 11 is 6.13. The first-order chi connectivity index (χ1) is 9.63. The predicted octanol–water partition coefficient (Wildman–Crippen LogP) is 2.77. The number of aliphatic hydroxyl groups is 1. The van der Waals surface area contributed by atoms with Crippen LogP contribution in [0, 0.1) is 10.1 Å². The van der Waals surface area contributed by atoms with Crippen LogP contribution in [0.15, 0.2) is 12.3 Å². The minimum Gasteiger partial charge on any atom is -0.395 e. The van der Waals surface area contributed by atoms with Crippen molar-refractivity contribution in [2.24, 2.45) is 0 Å². The van der Waals surface area contributed by atoms with Crippen LogP contribution in [-0.4, -0.2) is 34.2 Å². The molecule has 1 aromatic heterocycles. The first-order valence-corrected chi connectivity index (χ1v) is 7.18. The lowest BCUT2D eigenvalue weighted by Crippen LogP contribution is -2.39. The third kappa shape index (κ3) is 3.37. The Morgan fingerprint density at radius 2 is 2.15 bits per heavy atom. The first kappa shape index (κ1) is 15.0. The Kier molecular flexibility index (Phi) is 5.14. The van der Waals surface area contributed by atoms with Gasteiger partial charge in [0.25, 0.3) is 5.69 Å². The van der Waals surface area contributed by atoms with Gasteiger partial charge in [0.2, 0.25) is 0 Å². The van der Waals surface area contributed by atoms with Crippen LogP contribution in [-0.2, 0) is 0 Å². The zero-order valence-corrected chi connectivity index (χ0v) is 11.9. The van der Waals surface area contributed by atoms with Crippen molar-refractivity contribution in [3.05, 3.63) is 27.4 Å². The molecule has 1 N–H and O–H groups in total. The van der Waals surface area contributed by atoms with Crippen LogP contribution < -0.4 is 4.90 Å². The van der Waals surface area contributed by atoms with Crippen molar-refractivity contribution >= 4 is 23.1 Å². The number of nitro groups is 1. The third-order valence-corrected chi connectivity index (χ3v) is 3.92. The second-order valence-corrected chi connectivity index (χ2v) is 5.37. The van der Waals surface area contributed by atoms with Gasteiger partial charge in [0.1, 0.15) is 12.0 Å². The van der Waals surface area contributed by atoms with Crippen LogP contribution in [0.1, 0.15) is 32.1 Å². The minimum absolute atomic E-state index is 0.00545. The maximum absolute atomic E-state index is 10.7. The van der Waals surface area contributed by atoms with Crippen molar-refractivity contribution in [1.29, 1.82) is 0 Å². The van der Waals surface area contributed by atoms with Crippen molar-refractivity contribution in [3.8, 4) is 0 Å². The fraction of sp³-hybridized carbons (Fsp3) is 0.615. The van der Waals surface area contributed by atoms with E-state index in [1.807, 2.05) is 4.90 Å². The highest BCUT2D eigenvalue weighted by atomic mass is 35.5. The van der Waals surface area contributed by atoms with E-state index in [1.165, 1.54) is 18.7 Å². The molecule has 7 heteroatoms. The van der Waals surface area contributed by atoms with Crippen LogP contribution in [0.3, 0.4) is 0 Å². The van der Waals surface area contributed by atoms with Gasteiger partial charge in [0.05, 0.1) is 16.6 Å². The van der Waals surface area contributed by atoms with Gasteiger partial charge in [0.15, 0.2) is 0 Å². The summed E-state index contributed by atoms with van der Waals surface area (Å²) in [6.45, 7) is 0.445. The van der Waals surface area contributed by atoms with E-state index in [-0.39, 0.29) is 17.3 Å². The van der Waals surface area contributed by atoms with Crippen LogP contribution in [0.5, 0.6) is 0 Å². The molecule has 0 amide bonds. The maximum Gasteiger partial charge on any atom is 0.289 e. The minimum atomic E-state index is -0.514. The number of hydrogen-bond acceptors (Lipinski definition) is 5. The number of pyridine rings is 1. The molecule has 0 spiro atoms. The smallest absolute Gasteiger partial charge is 0.289 e. The van der Waals surface area contributed by atoms with Crippen molar-refractivity contribution < 1.29 is 10.0 Å². The monoisotopic (exact) mass is 299 g/mol. The van der Waals surface area contributed by atoms with Crippen LogP contribution >= 0.6 is 11.6 Å². The molecule has 0 saturated heterocycles. The van der Waals surface area contributed by atoms with Gasteiger partial charge >= 0.3 is 0 Å². The second-order valence-electron chi connectivity index (χ2n) is 4.96. The topological polar surface area (TPSA) is 79.5 Å². The Bertz CT molecular complexity index is 478. The Labute approximate surface area is 122 Å². The molecule has 1 aliphatic carbocycles. The first-order valence-electron chi connectivity index (χ1n) is 6.81. The van der Waals surface area contributed by atoms with Crippen molar-refractivity contribution in [3.63, 3.8) is 0 Å². The number of halogens is 1. The second kappa shape index (κ2) is 6.85. The Morgan fingerprint density at radius 3 is 2.70 bits per heavy atom. The molecule has 1 fully saturated rings. The molecule has 110 valence electrons. The van der Waals surface area contributed by atoms with E-state index >= 15 is 0 Å². The quantitative estimate of drug-likeness (QED) is 0.668. The fourth-order valence-corrected chi connectivity index (χ4v) is 2.96. The number of aliphatic hydroxyl groups excluding tert-OH is 1.